The fourth-order valence-electron chi connectivity index (χ4n) is 3.23. The number of carbonyl (C=O) groups excluding carboxylic acids is 1. The van der Waals surface area contributed by atoms with E-state index in [-0.39, 0.29) is 11.8 Å². The Kier molecular flexibility index (Phi) is 6.26. The van der Waals surface area contributed by atoms with E-state index in [0.717, 1.165) is 24.2 Å². The molecule has 3 heteroatoms. The van der Waals surface area contributed by atoms with E-state index >= 15 is 0 Å². The van der Waals surface area contributed by atoms with Gasteiger partial charge in [-0.3, -0.25) is 4.79 Å². The van der Waals surface area contributed by atoms with Gasteiger partial charge < -0.3 is 9.32 Å². The second-order valence-electron chi connectivity index (χ2n) is 6.62. The van der Waals surface area contributed by atoms with E-state index in [1.165, 1.54) is 5.56 Å². The van der Waals surface area contributed by atoms with Crippen LogP contribution in [0.1, 0.15) is 36.1 Å². The van der Waals surface area contributed by atoms with Crippen molar-refractivity contribution in [2.45, 2.75) is 32.2 Å². The van der Waals surface area contributed by atoms with Crippen molar-refractivity contribution in [3.8, 4) is 0 Å². The molecule has 0 spiro atoms. The summed E-state index contributed by atoms with van der Waals surface area (Å²) in [5.74, 6) is 1.34. The van der Waals surface area contributed by atoms with Gasteiger partial charge in [-0.15, -0.1) is 0 Å². The number of furan rings is 1. The molecule has 0 fully saturated rings. The van der Waals surface area contributed by atoms with Crippen LogP contribution in [0.3, 0.4) is 0 Å². The van der Waals surface area contributed by atoms with Gasteiger partial charge in [0.15, 0.2) is 0 Å². The number of carbonyl (C=O) groups is 1. The molecule has 1 aromatic heterocycles. The van der Waals surface area contributed by atoms with Crippen LogP contribution in [0.2, 0.25) is 0 Å². The lowest BCUT2D eigenvalue weighted by molar-refractivity contribution is -0.129. The molecule has 0 radical (unpaired) electrons. The molecular weight excluding hydrogens is 322 g/mol. The van der Waals surface area contributed by atoms with Crippen LogP contribution in [0, 0.1) is 0 Å². The molecule has 26 heavy (non-hydrogen) atoms. The zero-order chi connectivity index (χ0) is 18.2. The van der Waals surface area contributed by atoms with Gasteiger partial charge >= 0.3 is 0 Å². The fraction of sp³-hybridized carbons (Fsp3) is 0.261. The minimum absolute atomic E-state index is 0.103. The zero-order valence-corrected chi connectivity index (χ0v) is 15.2. The van der Waals surface area contributed by atoms with Gasteiger partial charge in [-0.25, -0.2) is 0 Å². The largest absolute Gasteiger partial charge is 0.469 e. The van der Waals surface area contributed by atoms with Gasteiger partial charge in [-0.2, -0.15) is 0 Å². The maximum atomic E-state index is 12.1. The summed E-state index contributed by atoms with van der Waals surface area (Å²) >= 11 is 0. The summed E-state index contributed by atoms with van der Waals surface area (Å²) in [6.45, 7) is 3.00. The molecule has 3 aromatic rings. The Labute approximate surface area is 155 Å². The second kappa shape index (κ2) is 9.04. The number of hydrogen-bond acceptors (Lipinski definition) is 2. The van der Waals surface area contributed by atoms with Crippen LogP contribution in [0.5, 0.6) is 0 Å². The summed E-state index contributed by atoms with van der Waals surface area (Å²) in [5.41, 5.74) is 2.44. The molecule has 1 unspecified atom stereocenters. The van der Waals surface area contributed by atoms with Gasteiger partial charge in [0.2, 0.25) is 5.91 Å². The van der Waals surface area contributed by atoms with Gasteiger partial charge in [0.25, 0.3) is 0 Å². The number of hydrogen-bond donors (Lipinski definition) is 0. The maximum Gasteiger partial charge on any atom is 0.219 e. The fourth-order valence-corrected chi connectivity index (χ4v) is 3.23. The molecule has 0 aliphatic carbocycles. The molecule has 0 aliphatic heterocycles. The Morgan fingerprint density at radius 1 is 0.923 bits per heavy atom. The molecule has 1 amide bonds. The van der Waals surface area contributed by atoms with Crippen LogP contribution in [0.15, 0.2) is 83.5 Å². The third-order valence-corrected chi connectivity index (χ3v) is 4.68. The Balaban J connectivity index is 1.68. The van der Waals surface area contributed by atoms with Crippen molar-refractivity contribution < 1.29 is 9.21 Å². The molecule has 0 saturated heterocycles. The SMILES string of the molecule is CC(=O)N(CCC(Cc1ccccc1)c1ccco1)Cc1ccccc1. The van der Waals surface area contributed by atoms with Gasteiger partial charge in [0.05, 0.1) is 6.26 Å². The average molecular weight is 347 g/mol. The molecule has 1 heterocycles. The first-order valence-corrected chi connectivity index (χ1v) is 9.09. The first-order chi connectivity index (χ1) is 12.7. The van der Waals surface area contributed by atoms with E-state index in [1.807, 2.05) is 41.3 Å². The Hall–Kier alpha value is -2.81. The van der Waals surface area contributed by atoms with Gasteiger partial charge in [0.1, 0.15) is 5.76 Å². The van der Waals surface area contributed by atoms with Crippen LogP contribution in [0.4, 0.5) is 0 Å². The van der Waals surface area contributed by atoms with Crippen molar-refractivity contribution >= 4 is 5.91 Å². The lowest BCUT2D eigenvalue weighted by Gasteiger charge is -2.24. The number of rotatable bonds is 8. The highest BCUT2D eigenvalue weighted by Crippen LogP contribution is 2.25. The van der Waals surface area contributed by atoms with Crippen LogP contribution < -0.4 is 0 Å². The number of benzene rings is 2. The van der Waals surface area contributed by atoms with Crippen molar-refractivity contribution in [2.24, 2.45) is 0 Å². The molecule has 0 aliphatic rings. The van der Waals surface area contributed by atoms with E-state index in [4.69, 9.17) is 4.42 Å². The predicted molar refractivity (Wildman–Crippen MR) is 104 cm³/mol. The predicted octanol–water partition coefficient (Wildman–Crippen LogP) is 5.04. The zero-order valence-electron chi connectivity index (χ0n) is 15.2. The van der Waals surface area contributed by atoms with Crippen molar-refractivity contribution in [2.75, 3.05) is 6.54 Å². The molecular formula is C23H25NO2. The molecule has 3 rings (SSSR count). The summed E-state index contributed by atoms with van der Waals surface area (Å²) in [4.78, 5) is 14.0. The van der Waals surface area contributed by atoms with Gasteiger partial charge in [-0.05, 0) is 36.1 Å². The summed E-state index contributed by atoms with van der Waals surface area (Å²) in [7, 11) is 0. The first kappa shape index (κ1) is 18.0. The Morgan fingerprint density at radius 2 is 1.58 bits per heavy atom. The average Bonchev–Trinajstić information content (AvgIpc) is 3.20. The van der Waals surface area contributed by atoms with Crippen molar-refractivity contribution in [1.29, 1.82) is 0 Å². The molecule has 134 valence electrons. The molecule has 0 N–H and O–H groups in total. The van der Waals surface area contributed by atoms with Gasteiger partial charge in [0, 0.05) is 25.9 Å². The van der Waals surface area contributed by atoms with E-state index < -0.39 is 0 Å². The van der Waals surface area contributed by atoms with E-state index in [0.29, 0.717) is 13.1 Å². The summed E-state index contributed by atoms with van der Waals surface area (Å²) in [6, 6.07) is 24.5. The Morgan fingerprint density at radius 3 is 2.15 bits per heavy atom. The Bertz CT molecular complexity index is 782. The topological polar surface area (TPSA) is 33.5 Å². The lowest BCUT2D eigenvalue weighted by atomic mass is 9.93. The normalized spacial score (nSPS) is 11.9. The highest BCUT2D eigenvalue weighted by molar-refractivity contribution is 5.73. The monoisotopic (exact) mass is 347 g/mol. The molecule has 1 atom stereocenters. The molecule has 0 bridgehead atoms. The van der Waals surface area contributed by atoms with E-state index in [1.54, 1.807) is 13.2 Å². The number of amides is 1. The van der Waals surface area contributed by atoms with E-state index in [2.05, 4.69) is 36.4 Å². The van der Waals surface area contributed by atoms with Crippen LogP contribution in [-0.2, 0) is 17.8 Å². The third kappa shape index (κ3) is 5.09. The first-order valence-electron chi connectivity index (χ1n) is 9.09. The van der Waals surface area contributed by atoms with Crippen molar-refractivity contribution in [3.63, 3.8) is 0 Å². The van der Waals surface area contributed by atoms with Crippen LogP contribution in [0.25, 0.3) is 0 Å². The molecule has 2 aromatic carbocycles. The smallest absolute Gasteiger partial charge is 0.219 e. The quantitative estimate of drug-likeness (QED) is 0.572. The van der Waals surface area contributed by atoms with Crippen molar-refractivity contribution in [3.05, 3.63) is 95.9 Å². The third-order valence-electron chi connectivity index (χ3n) is 4.68. The number of nitrogens with zero attached hydrogens (tertiary/aromatic N) is 1. The van der Waals surface area contributed by atoms with E-state index in [9.17, 15) is 4.79 Å². The summed E-state index contributed by atoms with van der Waals surface area (Å²) in [5, 5.41) is 0. The second-order valence-corrected chi connectivity index (χ2v) is 6.62. The van der Waals surface area contributed by atoms with Crippen LogP contribution >= 0.6 is 0 Å². The van der Waals surface area contributed by atoms with Crippen molar-refractivity contribution in [1.82, 2.24) is 4.90 Å². The maximum absolute atomic E-state index is 12.1. The minimum Gasteiger partial charge on any atom is -0.469 e. The minimum atomic E-state index is 0.103. The summed E-state index contributed by atoms with van der Waals surface area (Å²) in [6.07, 6.45) is 3.50. The standard InChI is InChI=1S/C23H25NO2/c1-19(25)24(18-21-11-6-3-7-12-21)15-14-22(23-13-8-16-26-23)17-20-9-4-2-5-10-20/h2-13,16,22H,14-15,17-18H2,1H3. The summed E-state index contributed by atoms with van der Waals surface area (Å²) < 4.78 is 5.68. The highest BCUT2D eigenvalue weighted by Gasteiger charge is 2.18. The van der Waals surface area contributed by atoms with Gasteiger partial charge in [-0.1, -0.05) is 60.7 Å². The lowest BCUT2D eigenvalue weighted by Crippen LogP contribution is -2.30. The molecule has 0 saturated carbocycles. The highest BCUT2D eigenvalue weighted by atomic mass is 16.3. The molecule has 3 nitrogen and oxygen atoms in total. The van der Waals surface area contributed by atoms with Crippen LogP contribution in [-0.4, -0.2) is 17.4 Å².